The molecular weight excluding hydrogens is 362 g/mol. The summed E-state index contributed by atoms with van der Waals surface area (Å²) in [6.45, 7) is 1.77. The van der Waals surface area contributed by atoms with Crippen molar-refractivity contribution in [1.82, 2.24) is 4.72 Å². The summed E-state index contributed by atoms with van der Waals surface area (Å²) < 4.78 is 33.8. The van der Waals surface area contributed by atoms with E-state index in [0.29, 0.717) is 11.3 Å². The van der Waals surface area contributed by atoms with E-state index in [4.69, 9.17) is 4.74 Å². The third-order valence-electron chi connectivity index (χ3n) is 3.65. The van der Waals surface area contributed by atoms with Crippen LogP contribution >= 0.6 is 22.7 Å². The molecule has 0 unspecified atom stereocenters. The molecule has 1 atom stereocenters. The van der Waals surface area contributed by atoms with Crippen LogP contribution in [0.2, 0.25) is 0 Å². The molecule has 1 aromatic carbocycles. The maximum Gasteiger partial charge on any atom is 0.241 e. The summed E-state index contributed by atoms with van der Waals surface area (Å²) in [6, 6.07) is 10.4. The second kappa shape index (κ2) is 7.06. The summed E-state index contributed by atoms with van der Waals surface area (Å²) in [7, 11) is -2.10. The van der Waals surface area contributed by atoms with Crippen molar-refractivity contribution in [3.63, 3.8) is 0 Å². The van der Waals surface area contributed by atoms with Gasteiger partial charge in [-0.05, 0) is 64.5 Å². The number of hydrogen-bond donors (Lipinski definition) is 1. The Morgan fingerprint density at radius 1 is 1.17 bits per heavy atom. The van der Waals surface area contributed by atoms with Crippen molar-refractivity contribution in [3.8, 4) is 5.75 Å². The number of benzene rings is 1. The SMILES string of the molecule is COc1ccc(S(=O)(=O)N[C@@H](c2ccsc2)c2cccs2)c(C)c1. The summed E-state index contributed by atoms with van der Waals surface area (Å²) >= 11 is 3.08. The minimum Gasteiger partial charge on any atom is -0.497 e. The van der Waals surface area contributed by atoms with E-state index < -0.39 is 10.0 Å². The van der Waals surface area contributed by atoms with Crippen LogP contribution in [0.4, 0.5) is 0 Å². The zero-order chi connectivity index (χ0) is 17.2. The summed E-state index contributed by atoms with van der Waals surface area (Å²) in [4.78, 5) is 1.23. The summed E-state index contributed by atoms with van der Waals surface area (Å²) in [5, 5.41) is 5.86. The number of sulfonamides is 1. The summed E-state index contributed by atoms with van der Waals surface area (Å²) in [6.07, 6.45) is 0. The summed E-state index contributed by atoms with van der Waals surface area (Å²) in [5.74, 6) is 0.638. The molecule has 2 aromatic heterocycles. The molecule has 0 amide bonds. The molecule has 1 N–H and O–H groups in total. The fourth-order valence-electron chi connectivity index (χ4n) is 2.45. The van der Waals surface area contributed by atoms with Crippen LogP contribution < -0.4 is 9.46 Å². The van der Waals surface area contributed by atoms with Gasteiger partial charge in [-0.15, -0.1) is 11.3 Å². The molecule has 0 bridgehead atoms. The van der Waals surface area contributed by atoms with Gasteiger partial charge in [0.25, 0.3) is 0 Å². The molecule has 0 aliphatic rings. The molecular formula is C17H17NO3S3. The average Bonchev–Trinajstić information content (AvgIpc) is 3.25. The van der Waals surface area contributed by atoms with E-state index in [0.717, 1.165) is 10.4 Å². The predicted octanol–water partition coefficient (Wildman–Crippen LogP) is 4.19. The van der Waals surface area contributed by atoms with E-state index in [2.05, 4.69) is 4.72 Å². The normalized spacial score (nSPS) is 12.9. The zero-order valence-electron chi connectivity index (χ0n) is 13.2. The predicted molar refractivity (Wildman–Crippen MR) is 98.5 cm³/mol. The van der Waals surface area contributed by atoms with Crippen molar-refractivity contribution < 1.29 is 13.2 Å². The largest absolute Gasteiger partial charge is 0.497 e. The Morgan fingerprint density at radius 3 is 2.58 bits per heavy atom. The van der Waals surface area contributed by atoms with Crippen molar-refractivity contribution in [1.29, 1.82) is 0 Å². The number of rotatable bonds is 6. The molecule has 0 fully saturated rings. The van der Waals surface area contributed by atoms with E-state index in [1.807, 2.05) is 34.3 Å². The van der Waals surface area contributed by atoms with Crippen molar-refractivity contribution in [3.05, 3.63) is 68.5 Å². The molecule has 7 heteroatoms. The lowest BCUT2D eigenvalue weighted by Gasteiger charge is -2.18. The van der Waals surface area contributed by atoms with Gasteiger partial charge in [0.1, 0.15) is 5.75 Å². The molecule has 0 aliphatic carbocycles. The molecule has 0 radical (unpaired) electrons. The van der Waals surface area contributed by atoms with Crippen LogP contribution in [0.5, 0.6) is 5.75 Å². The monoisotopic (exact) mass is 379 g/mol. The zero-order valence-corrected chi connectivity index (χ0v) is 15.7. The number of aryl methyl sites for hydroxylation is 1. The van der Waals surface area contributed by atoms with Gasteiger partial charge in [-0.25, -0.2) is 8.42 Å². The van der Waals surface area contributed by atoms with Crippen molar-refractivity contribution in [2.45, 2.75) is 17.9 Å². The smallest absolute Gasteiger partial charge is 0.241 e. The molecule has 24 heavy (non-hydrogen) atoms. The number of methoxy groups -OCH3 is 1. The number of hydrogen-bond acceptors (Lipinski definition) is 5. The van der Waals surface area contributed by atoms with E-state index in [1.165, 1.54) is 11.3 Å². The van der Waals surface area contributed by atoms with Crippen LogP contribution in [0.3, 0.4) is 0 Å². The molecule has 3 aromatic rings. The van der Waals surface area contributed by atoms with Gasteiger partial charge in [-0.1, -0.05) is 6.07 Å². The Balaban J connectivity index is 1.97. The van der Waals surface area contributed by atoms with Gasteiger partial charge in [0.05, 0.1) is 18.0 Å². The maximum atomic E-state index is 12.9. The maximum absolute atomic E-state index is 12.9. The molecule has 126 valence electrons. The lowest BCUT2D eigenvalue weighted by atomic mass is 10.1. The fraction of sp³-hybridized carbons (Fsp3) is 0.176. The second-order valence-electron chi connectivity index (χ2n) is 5.26. The van der Waals surface area contributed by atoms with Gasteiger partial charge in [-0.3, -0.25) is 0 Å². The quantitative estimate of drug-likeness (QED) is 0.698. The number of ether oxygens (including phenoxy) is 1. The van der Waals surface area contributed by atoms with Crippen molar-refractivity contribution in [2.24, 2.45) is 0 Å². The molecule has 0 aliphatic heterocycles. The van der Waals surface area contributed by atoms with Crippen LogP contribution in [0.15, 0.2) is 57.4 Å². The lowest BCUT2D eigenvalue weighted by molar-refractivity contribution is 0.414. The van der Waals surface area contributed by atoms with E-state index in [-0.39, 0.29) is 10.9 Å². The van der Waals surface area contributed by atoms with E-state index in [9.17, 15) is 8.42 Å². The molecule has 3 rings (SSSR count). The first-order valence-electron chi connectivity index (χ1n) is 7.24. The van der Waals surface area contributed by atoms with E-state index in [1.54, 1.807) is 43.6 Å². The molecule has 0 saturated heterocycles. The van der Waals surface area contributed by atoms with Crippen LogP contribution in [0, 0.1) is 6.92 Å². The van der Waals surface area contributed by atoms with Crippen molar-refractivity contribution >= 4 is 32.7 Å². The molecule has 0 spiro atoms. The fourth-order valence-corrected chi connectivity index (χ4v) is 5.45. The van der Waals surface area contributed by atoms with Crippen LogP contribution in [-0.4, -0.2) is 15.5 Å². The molecule has 2 heterocycles. The van der Waals surface area contributed by atoms with Gasteiger partial charge in [0, 0.05) is 4.88 Å². The number of nitrogens with one attached hydrogen (secondary N) is 1. The lowest BCUT2D eigenvalue weighted by Crippen LogP contribution is -2.29. The molecule has 0 saturated carbocycles. The van der Waals surface area contributed by atoms with Gasteiger partial charge >= 0.3 is 0 Å². The van der Waals surface area contributed by atoms with Gasteiger partial charge in [-0.2, -0.15) is 16.1 Å². The Kier molecular flexibility index (Phi) is 5.05. The highest BCUT2D eigenvalue weighted by Crippen LogP contribution is 2.30. The Morgan fingerprint density at radius 2 is 2.00 bits per heavy atom. The third-order valence-corrected chi connectivity index (χ3v) is 6.87. The standard InChI is InChI=1S/C17H17NO3S3/c1-12-10-14(21-2)5-6-16(12)24(19,20)18-17(13-7-9-22-11-13)15-4-3-8-23-15/h3-11,17-18H,1-2H3/t17-/m0/s1. The first-order valence-corrected chi connectivity index (χ1v) is 10.5. The average molecular weight is 380 g/mol. The number of thiophene rings is 2. The van der Waals surface area contributed by atoms with Crippen LogP contribution in [-0.2, 0) is 10.0 Å². The van der Waals surface area contributed by atoms with E-state index >= 15 is 0 Å². The minimum atomic E-state index is -3.66. The van der Waals surface area contributed by atoms with Gasteiger partial charge in [0.15, 0.2) is 0 Å². The third kappa shape index (κ3) is 3.54. The highest BCUT2D eigenvalue weighted by molar-refractivity contribution is 7.89. The van der Waals surface area contributed by atoms with Crippen molar-refractivity contribution in [2.75, 3.05) is 7.11 Å². The Labute approximate surface area is 149 Å². The first kappa shape index (κ1) is 17.2. The van der Waals surface area contributed by atoms with Crippen LogP contribution in [0.25, 0.3) is 0 Å². The topological polar surface area (TPSA) is 55.4 Å². The van der Waals surface area contributed by atoms with Gasteiger partial charge < -0.3 is 4.74 Å². The second-order valence-corrected chi connectivity index (χ2v) is 8.70. The Bertz CT molecular complexity index is 866. The highest BCUT2D eigenvalue weighted by atomic mass is 32.2. The minimum absolute atomic E-state index is 0.264. The van der Waals surface area contributed by atoms with Gasteiger partial charge in [0.2, 0.25) is 10.0 Å². The first-order chi connectivity index (χ1) is 11.5. The van der Waals surface area contributed by atoms with Crippen LogP contribution in [0.1, 0.15) is 22.0 Å². The highest BCUT2D eigenvalue weighted by Gasteiger charge is 2.25. The molecule has 4 nitrogen and oxygen atoms in total. The summed E-state index contributed by atoms with van der Waals surface area (Å²) in [5.41, 5.74) is 1.59. The Hall–Kier alpha value is -1.67.